The molecule has 1 aliphatic rings. The highest BCUT2D eigenvalue weighted by Gasteiger charge is 2.29. The molecule has 1 aliphatic heterocycles. The summed E-state index contributed by atoms with van der Waals surface area (Å²) < 4.78 is 28.0. The fourth-order valence-corrected chi connectivity index (χ4v) is 6.03. The molecule has 1 amide bonds. The first-order valence-corrected chi connectivity index (χ1v) is 12.2. The van der Waals surface area contributed by atoms with Crippen molar-refractivity contribution in [3.05, 3.63) is 54.0 Å². The molecule has 3 aromatic rings. The highest BCUT2D eigenvalue weighted by Crippen LogP contribution is 2.23. The van der Waals surface area contributed by atoms with Crippen molar-refractivity contribution in [2.75, 3.05) is 18.4 Å². The summed E-state index contributed by atoms with van der Waals surface area (Å²) in [4.78, 5) is 19.3. The van der Waals surface area contributed by atoms with Crippen LogP contribution in [-0.4, -0.2) is 49.4 Å². The standard InChI is InChI=1S/C21H24N4O3S2/c1-15(21(26)23-19-7-2-6-18-17(19)5-3-11-22-18)25-12-9-16(10-13-25)24-30(27,28)20-8-4-14-29-20/h2-8,11,14-16,24H,9-10,12-13H2,1H3,(H,23,26). The van der Waals surface area contributed by atoms with Crippen LogP contribution in [0.3, 0.4) is 0 Å². The van der Waals surface area contributed by atoms with Gasteiger partial charge in [-0.05, 0) is 55.5 Å². The number of hydrogen-bond acceptors (Lipinski definition) is 6. The molecule has 7 nitrogen and oxygen atoms in total. The fraction of sp³-hybridized carbons (Fsp3) is 0.333. The van der Waals surface area contributed by atoms with E-state index in [0.717, 1.165) is 16.6 Å². The molecule has 1 atom stereocenters. The molecule has 1 fully saturated rings. The lowest BCUT2D eigenvalue weighted by Crippen LogP contribution is -2.50. The van der Waals surface area contributed by atoms with Gasteiger partial charge in [-0.25, -0.2) is 13.1 Å². The number of fused-ring (bicyclic) bond motifs is 1. The Hall–Kier alpha value is -2.33. The van der Waals surface area contributed by atoms with Crippen LogP contribution in [0.25, 0.3) is 10.9 Å². The molecule has 3 heterocycles. The monoisotopic (exact) mass is 444 g/mol. The lowest BCUT2D eigenvalue weighted by atomic mass is 10.0. The van der Waals surface area contributed by atoms with Gasteiger partial charge in [0.2, 0.25) is 15.9 Å². The third-order valence-electron chi connectivity index (χ3n) is 5.44. The van der Waals surface area contributed by atoms with Crippen molar-refractivity contribution in [3.8, 4) is 0 Å². The van der Waals surface area contributed by atoms with Crippen molar-refractivity contribution in [2.24, 2.45) is 0 Å². The predicted molar refractivity (Wildman–Crippen MR) is 119 cm³/mol. The minimum Gasteiger partial charge on any atom is -0.324 e. The van der Waals surface area contributed by atoms with Gasteiger partial charge < -0.3 is 5.32 Å². The SMILES string of the molecule is CC(C(=O)Nc1cccc2ncccc12)N1CCC(NS(=O)(=O)c2cccs2)CC1. The number of pyridine rings is 1. The summed E-state index contributed by atoms with van der Waals surface area (Å²) >= 11 is 1.21. The molecule has 1 aromatic carbocycles. The minimum absolute atomic E-state index is 0.0797. The van der Waals surface area contributed by atoms with Gasteiger partial charge in [-0.2, -0.15) is 0 Å². The van der Waals surface area contributed by atoms with Crippen molar-refractivity contribution in [1.29, 1.82) is 0 Å². The first-order chi connectivity index (χ1) is 14.4. The number of amides is 1. The predicted octanol–water partition coefficient (Wildman–Crippen LogP) is 3.07. The van der Waals surface area contributed by atoms with Gasteiger partial charge in [0, 0.05) is 30.7 Å². The van der Waals surface area contributed by atoms with Gasteiger partial charge in [0.05, 0.1) is 17.2 Å². The van der Waals surface area contributed by atoms with Crippen LogP contribution in [0.15, 0.2) is 58.3 Å². The molecule has 0 aliphatic carbocycles. The summed E-state index contributed by atoms with van der Waals surface area (Å²) in [7, 11) is -3.47. The molecular formula is C21H24N4O3S2. The van der Waals surface area contributed by atoms with E-state index in [4.69, 9.17) is 0 Å². The second kappa shape index (κ2) is 8.81. The zero-order valence-electron chi connectivity index (χ0n) is 16.6. The Labute approximate surface area is 180 Å². The Morgan fingerprint density at radius 1 is 1.17 bits per heavy atom. The highest BCUT2D eigenvalue weighted by molar-refractivity contribution is 7.91. The first kappa shape index (κ1) is 20.9. The number of likely N-dealkylation sites (tertiary alicyclic amines) is 1. The van der Waals surface area contributed by atoms with Gasteiger partial charge in [0.15, 0.2) is 0 Å². The summed E-state index contributed by atoms with van der Waals surface area (Å²) in [5.74, 6) is -0.0797. The summed E-state index contributed by atoms with van der Waals surface area (Å²) in [5, 5.41) is 5.68. The molecule has 30 heavy (non-hydrogen) atoms. The maximum Gasteiger partial charge on any atom is 0.250 e. The van der Waals surface area contributed by atoms with E-state index in [-0.39, 0.29) is 18.0 Å². The number of nitrogens with one attached hydrogen (secondary N) is 2. The van der Waals surface area contributed by atoms with E-state index in [0.29, 0.717) is 30.1 Å². The van der Waals surface area contributed by atoms with Gasteiger partial charge in [-0.1, -0.05) is 12.1 Å². The largest absolute Gasteiger partial charge is 0.324 e. The van der Waals surface area contributed by atoms with E-state index in [9.17, 15) is 13.2 Å². The molecule has 2 N–H and O–H groups in total. The average Bonchev–Trinajstić information content (AvgIpc) is 3.30. The topological polar surface area (TPSA) is 91.4 Å². The minimum atomic E-state index is -3.47. The molecule has 0 radical (unpaired) electrons. The van der Waals surface area contributed by atoms with Crippen molar-refractivity contribution in [2.45, 2.75) is 36.1 Å². The number of aromatic nitrogens is 1. The van der Waals surface area contributed by atoms with E-state index in [1.54, 1.807) is 23.7 Å². The second-order valence-electron chi connectivity index (χ2n) is 7.40. The highest BCUT2D eigenvalue weighted by atomic mass is 32.2. The Balaban J connectivity index is 1.35. The number of hydrogen-bond donors (Lipinski definition) is 2. The van der Waals surface area contributed by atoms with Gasteiger partial charge in [0.1, 0.15) is 4.21 Å². The zero-order chi connectivity index (χ0) is 21.1. The van der Waals surface area contributed by atoms with E-state index >= 15 is 0 Å². The smallest absolute Gasteiger partial charge is 0.250 e. The van der Waals surface area contributed by atoms with Gasteiger partial charge in [0.25, 0.3) is 0 Å². The number of carbonyl (C=O) groups excluding carboxylic acids is 1. The molecule has 1 unspecified atom stereocenters. The van der Waals surface area contributed by atoms with Crippen LogP contribution >= 0.6 is 11.3 Å². The Morgan fingerprint density at radius 2 is 1.97 bits per heavy atom. The van der Waals surface area contributed by atoms with Crippen molar-refractivity contribution >= 4 is 43.9 Å². The first-order valence-electron chi connectivity index (χ1n) is 9.88. The van der Waals surface area contributed by atoms with Gasteiger partial charge in [-0.3, -0.25) is 14.7 Å². The lowest BCUT2D eigenvalue weighted by Gasteiger charge is -2.35. The van der Waals surface area contributed by atoms with Gasteiger partial charge in [-0.15, -0.1) is 11.3 Å². The number of rotatable bonds is 6. The van der Waals surface area contributed by atoms with Crippen molar-refractivity contribution in [1.82, 2.24) is 14.6 Å². The number of carbonyl (C=O) groups is 1. The van der Waals surface area contributed by atoms with E-state index < -0.39 is 10.0 Å². The average molecular weight is 445 g/mol. The molecule has 158 valence electrons. The molecule has 1 saturated heterocycles. The van der Waals surface area contributed by atoms with Crippen molar-refractivity contribution in [3.63, 3.8) is 0 Å². The number of sulfonamides is 1. The van der Waals surface area contributed by atoms with Crippen molar-refractivity contribution < 1.29 is 13.2 Å². The summed E-state index contributed by atoms with van der Waals surface area (Å²) in [6.45, 7) is 3.20. The molecular weight excluding hydrogens is 420 g/mol. The number of anilines is 1. The van der Waals surface area contributed by atoms with E-state index in [1.165, 1.54) is 11.3 Å². The fourth-order valence-electron chi connectivity index (χ4n) is 3.71. The van der Waals surface area contributed by atoms with Crippen LogP contribution in [0.1, 0.15) is 19.8 Å². The summed E-state index contributed by atoms with van der Waals surface area (Å²) in [6, 6.07) is 12.4. The second-order valence-corrected chi connectivity index (χ2v) is 10.3. The van der Waals surface area contributed by atoms with Crippen LogP contribution in [0, 0.1) is 0 Å². The van der Waals surface area contributed by atoms with Gasteiger partial charge >= 0.3 is 0 Å². The molecule has 9 heteroatoms. The lowest BCUT2D eigenvalue weighted by molar-refractivity contribution is -0.121. The number of thiophene rings is 1. The summed E-state index contributed by atoms with van der Waals surface area (Å²) in [5.41, 5.74) is 1.58. The van der Waals surface area contributed by atoms with Crippen LogP contribution in [0.5, 0.6) is 0 Å². The third kappa shape index (κ3) is 4.54. The zero-order valence-corrected chi connectivity index (χ0v) is 18.2. The molecule has 0 bridgehead atoms. The van der Waals surface area contributed by atoms with E-state index in [1.807, 2.05) is 37.3 Å². The maximum atomic E-state index is 12.8. The Morgan fingerprint density at radius 3 is 2.70 bits per heavy atom. The van der Waals surface area contributed by atoms with Crippen LogP contribution in [-0.2, 0) is 14.8 Å². The van der Waals surface area contributed by atoms with Crippen LogP contribution in [0.2, 0.25) is 0 Å². The normalized spacial score (nSPS) is 17.1. The molecule has 4 rings (SSSR count). The van der Waals surface area contributed by atoms with E-state index in [2.05, 4.69) is 19.9 Å². The number of benzene rings is 1. The summed E-state index contributed by atoms with van der Waals surface area (Å²) in [6.07, 6.45) is 3.06. The Bertz CT molecular complexity index is 1120. The molecule has 2 aromatic heterocycles. The quantitative estimate of drug-likeness (QED) is 0.610. The van der Waals surface area contributed by atoms with Crippen LogP contribution < -0.4 is 10.0 Å². The third-order valence-corrected chi connectivity index (χ3v) is 8.36. The molecule has 0 saturated carbocycles. The van der Waals surface area contributed by atoms with Crippen LogP contribution in [0.4, 0.5) is 5.69 Å². The molecule has 0 spiro atoms. The number of nitrogens with zero attached hydrogens (tertiary/aromatic N) is 2. The Kier molecular flexibility index (Phi) is 6.14. The number of piperidine rings is 1. The maximum absolute atomic E-state index is 12.8.